The van der Waals surface area contributed by atoms with Crippen molar-refractivity contribution >= 4 is 52.8 Å². The number of nitriles is 1. The van der Waals surface area contributed by atoms with Gasteiger partial charge in [0.15, 0.2) is 0 Å². The van der Waals surface area contributed by atoms with E-state index in [1.54, 1.807) is 72.8 Å². The quantitative estimate of drug-likeness (QED) is 0.102. The van der Waals surface area contributed by atoms with Crippen LogP contribution in [0, 0.1) is 11.3 Å². The van der Waals surface area contributed by atoms with E-state index < -0.39 is 54.3 Å². The molecule has 1 fully saturated rings. The predicted molar refractivity (Wildman–Crippen MR) is 229 cm³/mol. The first-order valence-corrected chi connectivity index (χ1v) is 20.7. The Kier molecular flexibility index (Phi) is 12.3. The summed E-state index contributed by atoms with van der Waals surface area (Å²) in [6.45, 7) is 0.179. The van der Waals surface area contributed by atoms with Crippen LogP contribution < -0.4 is 20.1 Å². The molecule has 3 amide bonds. The Bertz CT molecular complexity index is 2560. The van der Waals surface area contributed by atoms with Crippen LogP contribution in [0.5, 0.6) is 11.5 Å². The van der Waals surface area contributed by atoms with E-state index >= 15 is 0 Å². The molecule has 5 aromatic carbocycles. The van der Waals surface area contributed by atoms with E-state index in [1.807, 2.05) is 30.3 Å². The number of halogens is 2. The van der Waals surface area contributed by atoms with E-state index in [9.17, 15) is 29.4 Å². The van der Waals surface area contributed by atoms with Gasteiger partial charge < -0.3 is 35.1 Å². The molecular formula is C47H40Cl2N4O9. The Morgan fingerprint density at radius 1 is 0.903 bits per heavy atom. The minimum Gasteiger partial charge on any atom is -0.489 e. The highest BCUT2D eigenvalue weighted by Gasteiger charge is 2.40. The number of rotatable bonds is 11. The molecular weight excluding hydrogens is 835 g/mol. The van der Waals surface area contributed by atoms with Crippen molar-refractivity contribution in [1.29, 1.82) is 5.26 Å². The number of hydrogen-bond acceptors (Lipinski definition) is 9. The number of aliphatic carboxylic acids is 1. The topological polar surface area (TPSA) is 188 Å². The average Bonchev–Trinajstić information content (AvgIpc) is 3.69. The Hall–Kier alpha value is -6.59. The Morgan fingerprint density at radius 2 is 1.61 bits per heavy atom. The second-order valence-corrected chi connectivity index (χ2v) is 16.3. The van der Waals surface area contributed by atoms with Gasteiger partial charge in [0.25, 0.3) is 5.91 Å². The third kappa shape index (κ3) is 9.48. The average molecular weight is 876 g/mol. The molecule has 0 radical (unpaired) electrons. The highest BCUT2D eigenvalue weighted by atomic mass is 35.5. The predicted octanol–water partition coefficient (Wildman–Crippen LogP) is 7.77. The number of carboxylic acid groups (broad SMARTS) is 1. The number of nitrogens with one attached hydrogen (secondary N) is 2. The molecule has 8 rings (SSSR count). The number of anilines is 1. The smallest absolute Gasteiger partial charge is 0.411 e. The van der Waals surface area contributed by atoms with Crippen molar-refractivity contribution in [2.75, 3.05) is 5.32 Å². The van der Waals surface area contributed by atoms with Gasteiger partial charge in [-0.25, -0.2) is 9.59 Å². The normalized spacial score (nSPS) is 19.5. The number of carbonyl (C=O) groups is 4. The molecule has 2 aliphatic heterocycles. The molecule has 0 bridgehead atoms. The van der Waals surface area contributed by atoms with Crippen LogP contribution >= 0.6 is 23.2 Å². The maximum absolute atomic E-state index is 14.1. The first-order chi connectivity index (χ1) is 29.9. The minimum absolute atomic E-state index is 0.00848. The molecule has 0 aromatic heterocycles. The fourth-order valence-corrected chi connectivity index (χ4v) is 8.20. The van der Waals surface area contributed by atoms with Gasteiger partial charge in [-0.05, 0) is 94.8 Å². The van der Waals surface area contributed by atoms with E-state index in [0.29, 0.717) is 67.9 Å². The summed E-state index contributed by atoms with van der Waals surface area (Å²) in [6.07, 6.45) is -1.75. The lowest BCUT2D eigenvalue weighted by Gasteiger charge is -2.37. The van der Waals surface area contributed by atoms with Crippen molar-refractivity contribution in [3.63, 3.8) is 0 Å². The fourth-order valence-electron chi connectivity index (χ4n) is 7.88. The van der Waals surface area contributed by atoms with Crippen LogP contribution in [0.1, 0.15) is 58.7 Å². The number of amides is 3. The SMILES string of the molecule is N#Cc1ccc(-c2ccc(C[C@H](NC(=O)[C@@H]3Cc4cc5c(cc4CN3C(=O)OC3CCC(O)C3)OC(c3ccc(OCc4ccc(Cl)c(Cl)c4)cc3)C(=O)N5)C(=O)O)cc2)cc1. The number of nitrogens with zero attached hydrogens (tertiary/aromatic N) is 2. The van der Waals surface area contributed by atoms with E-state index in [0.717, 1.165) is 16.7 Å². The molecule has 3 aliphatic rings. The Labute approximate surface area is 366 Å². The number of aliphatic hydroxyl groups excluding tert-OH is 1. The molecule has 1 saturated carbocycles. The summed E-state index contributed by atoms with van der Waals surface area (Å²) in [6, 6.07) is 29.5. The molecule has 1 aliphatic carbocycles. The number of carbonyl (C=O) groups excluding carboxylic acids is 3. The van der Waals surface area contributed by atoms with Gasteiger partial charge in [0, 0.05) is 24.8 Å². The third-order valence-electron chi connectivity index (χ3n) is 11.3. The zero-order valence-electron chi connectivity index (χ0n) is 33.1. The molecule has 5 aromatic rings. The van der Waals surface area contributed by atoms with Crippen LogP contribution in [0.15, 0.2) is 103 Å². The molecule has 0 saturated heterocycles. The van der Waals surface area contributed by atoms with Gasteiger partial charge in [-0.2, -0.15) is 5.26 Å². The van der Waals surface area contributed by atoms with Gasteiger partial charge in [0.1, 0.15) is 36.3 Å². The summed E-state index contributed by atoms with van der Waals surface area (Å²) in [5, 5.41) is 35.9. The molecule has 316 valence electrons. The van der Waals surface area contributed by atoms with E-state index in [-0.39, 0.29) is 32.4 Å². The van der Waals surface area contributed by atoms with Gasteiger partial charge >= 0.3 is 12.1 Å². The third-order valence-corrected chi connectivity index (χ3v) is 12.0. The Morgan fingerprint density at radius 3 is 2.27 bits per heavy atom. The number of carboxylic acids is 1. The van der Waals surface area contributed by atoms with Crippen molar-refractivity contribution in [2.45, 2.75) is 75.7 Å². The lowest BCUT2D eigenvalue weighted by atomic mass is 9.92. The second-order valence-electron chi connectivity index (χ2n) is 15.5. The number of hydrogen-bond donors (Lipinski definition) is 4. The Balaban J connectivity index is 0.980. The van der Waals surface area contributed by atoms with E-state index in [2.05, 4.69) is 16.7 Å². The molecule has 3 unspecified atom stereocenters. The van der Waals surface area contributed by atoms with Crippen LogP contribution in [0.25, 0.3) is 11.1 Å². The first-order valence-electron chi connectivity index (χ1n) is 20.0. The van der Waals surface area contributed by atoms with E-state index in [4.69, 9.17) is 42.7 Å². The van der Waals surface area contributed by atoms with Crippen LogP contribution in [-0.4, -0.2) is 63.3 Å². The first kappa shape index (κ1) is 42.1. The molecule has 15 heteroatoms. The van der Waals surface area contributed by atoms with Crippen molar-refractivity contribution < 1.29 is 43.6 Å². The lowest BCUT2D eigenvalue weighted by Crippen LogP contribution is -2.56. The molecule has 4 N–H and O–H groups in total. The van der Waals surface area contributed by atoms with Gasteiger partial charge in [-0.1, -0.05) is 77.8 Å². The van der Waals surface area contributed by atoms with Gasteiger partial charge in [-0.3, -0.25) is 14.5 Å². The van der Waals surface area contributed by atoms with Gasteiger partial charge in [0.05, 0.1) is 40.0 Å². The summed E-state index contributed by atoms with van der Waals surface area (Å²) in [7, 11) is 0. The molecule has 13 nitrogen and oxygen atoms in total. The summed E-state index contributed by atoms with van der Waals surface area (Å²) in [5.41, 5.74) is 6.04. The highest BCUT2D eigenvalue weighted by molar-refractivity contribution is 6.42. The number of ether oxygens (including phenoxy) is 3. The zero-order valence-corrected chi connectivity index (χ0v) is 34.6. The van der Waals surface area contributed by atoms with Crippen LogP contribution in [0.2, 0.25) is 10.0 Å². The van der Waals surface area contributed by atoms with E-state index in [1.165, 1.54) is 4.90 Å². The number of benzene rings is 5. The maximum atomic E-state index is 14.1. The molecule has 5 atom stereocenters. The molecule has 0 spiro atoms. The standard InChI is InChI=1S/C47H40Cl2N4O9/c48-37-16-5-28(17-38(37)49)25-60-35-13-10-31(11-14-35)43-45(56)51-39-19-32-20-41(53(24-33(32)21-42(39)62-43)47(59)61-36-15-12-34(54)22-36)44(55)52-40(46(57)58)18-26-1-6-29(7-2-26)30-8-3-27(23-50)4-9-30/h1-11,13-14,16-17,19,21,34,36,40-41,43,54H,12,15,18,20,22,24-25H2,(H,51,56)(H,52,55)(H,57,58)/t34?,36?,40-,41-,43?/m0/s1. The van der Waals surface area contributed by atoms with Gasteiger partial charge in [0.2, 0.25) is 12.0 Å². The van der Waals surface area contributed by atoms with Crippen molar-refractivity contribution in [3.05, 3.63) is 147 Å². The monoisotopic (exact) mass is 874 g/mol. The fraction of sp³-hybridized carbons (Fsp3) is 0.255. The minimum atomic E-state index is -1.33. The second kappa shape index (κ2) is 18.2. The van der Waals surface area contributed by atoms with Crippen LogP contribution in [-0.2, 0) is 45.1 Å². The largest absolute Gasteiger partial charge is 0.489 e. The van der Waals surface area contributed by atoms with Gasteiger partial charge in [-0.15, -0.1) is 0 Å². The van der Waals surface area contributed by atoms with Crippen LogP contribution in [0.4, 0.5) is 10.5 Å². The number of aliphatic hydroxyl groups is 1. The summed E-state index contributed by atoms with van der Waals surface area (Å²) in [4.78, 5) is 55.2. The summed E-state index contributed by atoms with van der Waals surface area (Å²) < 4.78 is 17.9. The van der Waals surface area contributed by atoms with Crippen molar-refractivity contribution in [1.82, 2.24) is 10.2 Å². The lowest BCUT2D eigenvalue weighted by molar-refractivity contribution is -0.142. The molecule has 2 heterocycles. The zero-order chi connectivity index (χ0) is 43.5. The van der Waals surface area contributed by atoms with Crippen molar-refractivity contribution in [2.24, 2.45) is 0 Å². The molecule has 62 heavy (non-hydrogen) atoms. The van der Waals surface area contributed by atoms with Crippen LogP contribution in [0.3, 0.4) is 0 Å². The maximum Gasteiger partial charge on any atom is 0.411 e. The number of fused-ring (bicyclic) bond motifs is 2. The summed E-state index contributed by atoms with van der Waals surface area (Å²) >= 11 is 12.1. The highest BCUT2D eigenvalue weighted by Crippen LogP contribution is 2.40. The summed E-state index contributed by atoms with van der Waals surface area (Å²) in [5.74, 6) is -1.44. The van der Waals surface area contributed by atoms with Crippen molar-refractivity contribution in [3.8, 4) is 28.7 Å².